The lowest BCUT2D eigenvalue weighted by atomic mass is 10.1. The van der Waals surface area contributed by atoms with Gasteiger partial charge in [-0.3, -0.25) is 4.98 Å². The smallest absolute Gasteiger partial charge is 0.0489 e. The van der Waals surface area contributed by atoms with Gasteiger partial charge in [-0.15, -0.1) is 11.6 Å². The average molecular weight is 273 g/mol. The first kappa shape index (κ1) is 11.7. The molecule has 4 heteroatoms. The quantitative estimate of drug-likeness (QED) is 0.716. The molecule has 1 heterocycles. The number of pyridine rings is 1. The highest BCUT2D eigenvalue weighted by atomic mass is 35.5. The van der Waals surface area contributed by atoms with Gasteiger partial charge in [0.15, 0.2) is 0 Å². The first-order chi connectivity index (χ1) is 7.70. The Morgan fingerprint density at radius 2 is 1.88 bits per heavy atom. The maximum atomic E-state index is 6.11. The molecule has 0 N–H and O–H groups in total. The van der Waals surface area contributed by atoms with Gasteiger partial charge >= 0.3 is 0 Å². The van der Waals surface area contributed by atoms with Crippen LogP contribution in [0.5, 0.6) is 0 Å². The highest BCUT2D eigenvalue weighted by Crippen LogP contribution is 2.30. The number of alkyl halides is 1. The molecule has 16 heavy (non-hydrogen) atoms. The lowest BCUT2D eigenvalue weighted by Crippen LogP contribution is -1.85. The van der Waals surface area contributed by atoms with Gasteiger partial charge in [-0.25, -0.2) is 0 Å². The van der Waals surface area contributed by atoms with Crippen molar-refractivity contribution in [2.75, 3.05) is 0 Å². The van der Waals surface area contributed by atoms with Gasteiger partial charge in [-0.1, -0.05) is 23.2 Å². The van der Waals surface area contributed by atoms with Crippen molar-refractivity contribution in [1.82, 2.24) is 4.98 Å². The van der Waals surface area contributed by atoms with E-state index < -0.39 is 0 Å². The maximum absolute atomic E-state index is 6.11. The zero-order chi connectivity index (χ0) is 11.5. The summed E-state index contributed by atoms with van der Waals surface area (Å²) in [6, 6.07) is 7.30. The fourth-order valence-corrected chi connectivity index (χ4v) is 1.97. The molecule has 0 aliphatic rings. The molecule has 0 fully saturated rings. The predicted octanol–water partition coefficient (Wildman–Crippen LogP) is 4.79. The minimum absolute atomic E-state index is 0.430. The van der Waals surface area contributed by atoms with Crippen molar-refractivity contribution < 1.29 is 0 Å². The second-order valence-corrected chi connectivity index (χ2v) is 4.45. The van der Waals surface area contributed by atoms with E-state index in [-0.39, 0.29) is 0 Å². The van der Waals surface area contributed by atoms with Crippen molar-refractivity contribution in [3.8, 4) is 11.1 Å². The Morgan fingerprint density at radius 1 is 1.06 bits per heavy atom. The Hall–Kier alpha value is -0.760. The van der Waals surface area contributed by atoms with E-state index >= 15 is 0 Å². The Kier molecular flexibility index (Phi) is 3.70. The number of nitrogens with zero attached hydrogens (tertiary/aromatic N) is 1. The van der Waals surface area contributed by atoms with Gasteiger partial charge in [0.25, 0.3) is 0 Å². The van der Waals surface area contributed by atoms with Gasteiger partial charge in [0, 0.05) is 39.4 Å². The first-order valence-corrected chi connectivity index (χ1v) is 5.95. The summed E-state index contributed by atoms with van der Waals surface area (Å²) < 4.78 is 0. The summed E-state index contributed by atoms with van der Waals surface area (Å²) in [5, 5.41) is 1.30. The van der Waals surface area contributed by atoms with Crippen molar-refractivity contribution in [3.05, 3.63) is 52.3 Å². The molecule has 0 saturated carbocycles. The third-order valence-electron chi connectivity index (χ3n) is 2.19. The van der Waals surface area contributed by atoms with Crippen LogP contribution in [0.1, 0.15) is 5.56 Å². The summed E-state index contributed by atoms with van der Waals surface area (Å²) in [6.07, 6.45) is 3.47. The molecular formula is C12H8Cl3N. The highest BCUT2D eigenvalue weighted by Gasteiger charge is 2.05. The van der Waals surface area contributed by atoms with Crippen molar-refractivity contribution in [1.29, 1.82) is 0 Å². The van der Waals surface area contributed by atoms with Gasteiger partial charge in [0.1, 0.15) is 0 Å². The van der Waals surface area contributed by atoms with E-state index in [4.69, 9.17) is 34.8 Å². The number of hydrogen-bond donors (Lipinski definition) is 0. The largest absolute Gasteiger partial charge is 0.264 e. The van der Waals surface area contributed by atoms with Crippen LogP contribution in [0.3, 0.4) is 0 Å². The molecule has 82 valence electrons. The lowest BCUT2D eigenvalue weighted by Gasteiger charge is -2.05. The van der Waals surface area contributed by atoms with Crippen LogP contribution in [0.2, 0.25) is 10.0 Å². The van der Waals surface area contributed by atoms with Crippen LogP contribution < -0.4 is 0 Å². The van der Waals surface area contributed by atoms with Crippen LogP contribution in [-0.2, 0) is 5.88 Å². The summed E-state index contributed by atoms with van der Waals surface area (Å²) in [5.41, 5.74) is 2.74. The summed E-state index contributed by atoms with van der Waals surface area (Å²) >= 11 is 17.8. The minimum Gasteiger partial charge on any atom is -0.264 e. The van der Waals surface area contributed by atoms with Gasteiger partial charge in [0.2, 0.25) is 0 Å². The van der Waals surface area contributed by atoms with Gasteiger partial charge < -0.3 is 0 Å². The Balaban J connectivity index is 2.53. The monoisotopic (exact) mass is 271 g/mol. The van der Waals surface area contributed by atoms with Gasteiger partial charge in [-0.05, 0) is 29.8 Å². The van der Waals surface area contributed by atoms with Gasteiger partial charge in [0.05, 0.1) is 0 Å². The Labute approximate surface area is 109 Å². The van der Waals surface area contributed by atoms with Crippen LogP contribution in [0.15, 0.2) is 36.7 Å². The van der Waals surface area contributed by atoms with Crippen LogP contribution in [-0.4, -0.2) is 4.98 Å². The van der Waals surface area contributed by atoms with Crippen molar-refractivity contribution >= 4 is 34.8 Å². The fourth-order valence-electron chi connectivity index (χ4n) is 1.43. The minimum atomic E-state index is 0.430. The van der Waals surface area contributed by atoms with E-state index in [1.807, 2.05) is 12.1 Å². The number of benzene rings is 1. The van der Waals surface area contributed by atoms with E-state index in [0.29, 0.717) is 15.9 Å². The molecule has 1 nitrogen and oxygen atoms in total. The predicted molar refractivity (Wildman–Crippen MR) is 69.3 cm³/mol. The molecule has 1 aromatic carbocycles. The molecular weight excluding hydrogens is 264 g/mol. The zero-order valence-electron chi connectivity index (χ0n) is 8.25. The summed E-state index contributed by atoms with van der Waals surface area (Å²) in [6.45, 7) is 0. The molecule has 0 bridgehead atoms. The molecule has 0 unspecified atom stereocenters. The van der Waals surface area contributed by atoms with Crippen LogP contribution in [0.25, 0.3) is 11.1 Å². The van der Waals surface area contributed by atoms with E-state index in [2.05, 4.69) is 4.98 Å². The SMILES string of the molecule is ClCc1cncc(-c2cc(Cl)ccc2Cl)c1. The van der Waals surface area contributed by atoms with Crippen LogP contribution in [0.4, 0.5) is 0 Å². The molecule has 0 aliphatic carbocycles. The Bertz CT molecular complexity index is 511. The van der Waals surface area contributed by atoms with Crippen molar-refractivity contribution in [2.45, 2.75) is 5.88 Å². The number of halogens is 3. The third kappa shape index (κ3) is 2.49. The zero-order valence-corrected chi connectivity index (χ0v) is 10.5. The number of aromatic nitrogens is 1. The molecule has 2 aromatic rings. The van der Waals surface area contributed by atoms with Crippen LogP contribution in [0, 0.1) is 0 Å². The number of hydrogen-bond acceptors (Lipinski definition) is 1. The first-order valence-electron chi connectivity index (χ1n) is 4.66. The molecule has 0 saturated heterocycles. The second-order valence-electron chi connectivity index (χ2n) is 3.34. The third-order valence-corrected chi connectivity index (χ3v) is 3.06. The number of rotatable bonds is 2. The lowest BCUT2D eigenvalue weighted by molar-refractivity contribution is 1.25. The molecule has 0 atom stereocenters. The topological polar surface area (TPSA) is 12.9 Å². The summed E-state index contributed by atoms with van der Waals surface area (Å²) in [5.74, 6) is 0.430. The van der Waals surface area contributed by atoms with E-state index in [1.165, 1.54) is 0 Å². The van der Waals surface area contributed by atoms with E-state index in [0.717, 1.165) is 16.7 Å². The standard InChI is InChI=1S/C12H8Cl3N/c13-5-8-3-9(7-16-6-8)11-4-10(14)1-2-12(11)15/h1-4,6-7H,5H2. The van der Waals surface area contributed by atoms with Crippen LogP contribution >= 0.6 is 34.8 Å². The molecule has 2 rings (SSSR count). The molecule has 1 aromatic heterocycles. The molecule has 0 radical (unpaired) electrons. The van der Waals surface area contributed by atoms with Crippen molar-refractivity contribution in [3.63, 3.8) is 0 Å². The van der Waals surface area contributed by atoms with E-state index in [1.54, 1.807) is 24.5 Å². The molecule has 0 spiro atoms. The molecule has 0 aliphatic heterocycles. The maximum Gasteiger partial charge on any atom is 0.0489 e. The van der Waals surface area contributed by atoms with E-state index in [9.17, 15) is 0 Å². The normalized spacial score (nSPS) is 10.4. The average Bonchev–Trinajstić information content (AvgIpc) is 2.32. The molecule has 0 amide bonds. The fraction of sp³-hybridized carbons (Fsp3) is 0.0833. The van der Waals surface area contributed by atoms with Crippen molar-refractivity contribution in [2.24, 2.45) is 0 Å². The second kappa shape index (κ2) is 5.05. The summed E-state index contributed by atoms with van der Waals surface area (Å²) in [4.78, 5) is 4.12. The summed E-state index contributed by atoms with van der Waals surface area (Å²) in [7, 11) is 0. The van der Waals surface area contributed by atoms with Gasteiger partial charge in [-0.2, -0.15) is 0 Å². The Morgan fingerprint density at radius 3 is 2.62 bits per heavy atom. The highest BCUT2D eigenvalue weighted by molar-refractivity contribution is 6.35.